The van der Waals surface area contributed by atoms with E-state index in [0.29, 0.717) is 12.2 Å². The van der Waals surface area contributed by atoms with Crippen LogP contribution < -0.4 is 11.1 Å². The van der Waals surface area contributed by atoms with E-state index < -0.39 is 11.9 Å². The smallest absolute Gasteiger partial charge is 0.396 e. The van der Waals surface area contributed by atoms with Gasteiger partial charge < -0.3 is 11.1 Å². The molecule has 104 valence electrons. The van der Waals surface area contributed by atoms with Crippen LogP contribution in [0, 0.1) is 0 Å². The van der Waals surface area contributed by atoms with Gasteiger partial charge >= 0.3 is 6.18 Å². The lowest BCUT2D eigenvalue weighted by Crippen LogP contribution is -2.11. The number of nitrogens with zero attached hydrogens (tertiary/aromatic N) is 1. The van der Waals surface area contributed by atoms with E-state index in [1.807, 2.05) is 0 Å². The van der Waals surface area contributed by atoms with Crippen LogP contribution in [0.1, 0.15) is 31.4 Å². The number of hydrogen-bond donors (Lipinski definition) is 2. The number of alkyl halides is 3. The summed E-state index contributed by atoms with van der Waals surface area (Å²) in [7, 11) is 0. The van der Waals surface area contributed by atoms with Crippen LogP contribution >= 0.6 is 0 Å². The molecule has 6 heteroatoms. The summed E-state index contributed by atoms with van der Waals surface area (Å²) in [6, 6.07) is 0.957. The molecule has 0 saturated carbocycles. The van der Waals surface area contributed by atoms with Crippen LogP contribution in [0.5, 0.6) is 0 Å². The third-order valence-corrected chi connectivity index (χ3v) is 3.12. The molecule has 1 aromatic heterocycles. The van der Waals surface area contributed by atoms with Gasteiger partial charge in [0.1, 0.15) is 5.69 Å². The van der Waals surface area contributed by atoms with E-state index in [-0.39, 0.29) is 5.69 Å². The van der Waals surface area contributed by atoms with Crippen LogP contribution in [-0.4, -0.2) is 11.5 Å². The van der Waals surface area contributed by atoms with Crippen LogP contribution in [0.15, 0.2) is 23.9 Å². The fourth-order valence-corrected chi connectivity index (χ4v) is 2.10. The molecule has 1 aliphatic carbocycles. The van der Waals surface area contributed by atoms with Crippen molar-refractivity contribution in [2.75, 3.05) is 17.6 Å². The minimum atomic E-state index is -4.45. The average molecular weight is 271 g/mol. The Morgan fingerprint density at radius 3 is 2.79 bits per heavy atom. The molecule has 19 heavy (non-hydrogen) atoms. The van der Waals surface area contributed by atoms with E-state index in [9.17, 15) is 13.2 Å². The second kappa shape index (κ2) is 5.50. The standard InChI is InChI=1S/C13H16F3N3/c14-13(15,16)12-7-11(10(17)8-19-12)18-6-5-9-3-1-2-4-9/h3,7-8H,1-2,4-6,17H2,(H,18,19). The predicted octanol–water partition coefficient (Wildman–Crippen LogP) is 3.59. The maximum Gasteiger partial charge on any atom is 0.433 e. The van der Waals surface area contributed by atoms with E-state index in [1.54, 1.807) is 0 Å². The van der Waals surface area contributed by atoms with Gasteiger partial charge in [-0.25, -0.2) is 4.98 Å². The fourth-order valence-electron chi connectivity index (χ4n) is 2.10. The number of aromatic nitrogens is 1. The Morgan fingerprint density at radius 1 is 1.37 bits per heavy atom. The number of nitrogens with one attached hydrogen (secondary N) is 1. The first-order valence-corrected chi connectivity index (χ1v) is 6.21. The average Bonchev–Trinajstić information content (AvgIpc) is 2.83. The molecular formula is C13H16F3N3. The summed E-state index contributed by atoms with van der Waals surface area (Å²) in [6.45, 7) is 0.581. The fraction of sp³-hybridized carbons (Fsp3) is 0.462. The molecule has 0 fully saturated rings. The Labute approximate surface area is 109 Å². The van der Waals surface area contributed by atoms with Crippen LogP contribution in [-0.2, 0) is 6.18 Å². The molecule has 3 nitrogen and oxygen atoms in total. The van der Waals surface area contributed by atoms with Crippen molar-refractivity contribution in [3.8, 4) is 0 Å². The topological polar surface area (TPSA) is 50.9 Å². The highest BCUT2D eigenvalue weighted by molar-refractivity contribution is 5.65. The second-order valence-corrected chi connectivity index (χ2v) is 4.59. The van der Waals surface area contributed by atoms with Crippen molar-refractivity contribution in [2.45, 2.75) is 31.9 Å². The number of nitrogens with two attached hydrogens (primary N) is 1. The SMILES string of the molecule is Nc1cnc(C(F)(F)F)cc1NCCC1=CCCC1. The molecule has 0 aliphatic heterocycles. The highest BCUT2D eigenvalue weighted by Gasteiger charge is 2.32. The third kappa shape index (κ3) is 3.62. The van der Waals surface area contributed by atoms with Crippen molar-refractivity contribution in [1.82, 2.24) is 4.98 Å². The van der Waals surface area contributed by atoms with Crippen molar-refractivity contribution in [1.29, 1.82) is 0 Å². The van der Waals surface area contributed by atoms with Crippen molar-refractivity contribution in [2.24, 2.45) is 0 Å². The largest absolute Gasteiger partial charge is 0.433 e. The van der Waals surface area contributed by atoms with Gasteiger partial charge in [0.25, 0.3) is 0 Å². The number of nitrogen functional groups attached to an aromatic ring is 1. The highest BCUT2D eigenvalue weighted by atomic mass is 19.4. The summed E-state index contributed by atoms with van der Waals surface area (Å²) in [6.07, 6.45) is 2.98. The molecule has 0 saturated heterocycles. The maximum absolute atomic E-state index is 12.5. The first kappa shape index (κ1) is 13.7. The van der Waals surface area contributed by atoms with E-state index in [4.69, 9.17) is 5.73 Å². The lowest BCUT2D eigenvalue weighted by atomic mass is 10.1. The van der Waals surface area contributed by atoms with E-state index in [2.05, 4.69) is 16.4 Å². The molecule has 0 amide bonds. The Balaban J connectivity index is 1.98. The van der Waals surface area contributed by atoms with Gasteiger partial charge in [-0.1, -0.05) is 11.6 Å². The Morgan fingerprint density at radius 2 is 2.16 bits per heavy atom. The molecular weight excluding hydrogens is 255 g/mol. The summed E-state index contributed by atoms with van der Waals surface area (Å²) < 4.78 is 37.6. The van der Waals surface area contributed by atoms with Gasteiger partial charge in [-0.05, 0) is 31.7 Å². The molecule has 0 bridgehead atoms. The van der Waals surface area contributed by atoms with Crippen molar-refractivity contribution < 1.29 is 13.2 Å². The molecule has 0 spiro atoms. The molecule has 1 heterocycles. The third-order valence-electron chi connectivity index (χ3n) is 3.12. The number of allylic oxidation sites excluding steroid dienone is 1. The molecule has 0 atom stereocenters. The number of pyridine rings is 1. The van der Waals surface area contributed by atoms with E-state index >= 15 is 0 Å². The van der Waals surface area contributed by atoms with Gasteiger partial charge in [0.15, 0.2) is 0 Å². The monoisotopic (exact) mass is 271 g/mol. The van der Waals surface area contributed by atoms with Gasteiger partial charge in [0, 0.05) is 6.54 Å². The van der Waals surface area contributed by atoms with Crippen LogP contribution in [0.25, 0.3) is 0 Å². The summed E-state index contributed by atoms with van der Waals surface area (Å²) in [4.78, 5) is 3.29. The second-order valence-electron chi connectivity index (χ2n) is 4.59. The number of halogens is 3. The molecule has 0 unspecified atom stereocenters. The number of hydrogen-bond acceptors (Lipinski definition) is 3. The zero-order valence-electron chi connectivity index (χ0n) is 10.4. The van der Waals surface area contributed by atoms with E-state index in [1.165, 1.54) is 12.0 Å². The number of anilines is 2. The van der Waals surface area contributed by atoms with Gasteiger partial charge in [-0.2, -0.15) is 13.2 Å². The summed E-state index contributed by atoms with van der Waals surface area (Å²) in [5.74, 6) is 0. The lowest BCUT2D eigenvalue weighted by Gasteiger charge is -2.12. The minimum Gasteiger partial charge on any atom is -0.396 e. The van der Waals surface area contributed by atoms with E-state index in [0.717, 1.165) is 31.5 Å². The summed E-state index contributed by atoms with van der Waals surface area (Å²) >= 11 is 0. The Hall–Kier alpha value is -1.72. The Kier molecular flexibility index (Phi) is 3.97. The normalized spacial score (nSPS) is 15.4. The maximum atomic E-state index is 12.5. The zero-order chi connectivity index (χ0) is 13.9. The first-order valence-electron chi connectivity index (χ1n) is 6.21. The lowest BCUT2D eigenvalue weighted by molar-refractivity contribution is -0.141. The van der Waals surface area contributed by atoms with Gasteiger partial charge in [0.2, 0.25) is 0 Å². The van der Waals surface area contributed by atoms with Crippen LogP contribution in [0.4, 0.5) is 24.5 Å². The summed E-state index contributed by atoms with van der Waals surface area (Å²) in [5, 5.41) is 2.95. The van der Waals surface area contributed by atoms with Gasteiger partial charge in [0.05, 0.1) is 17.6 Å². The molecule has 1 aromatic rings. The molecule has 0 aromatic carbocycles. The van der Waals surface area contributed by atoms with Gasteiger partial charge in [-0.3, -0.25) is 0 Å². The quantitative estimate of drug-likeness (QED) is 0.823. The van der Waals surface area contributed by atoms with Crippen molar-refractivity contribution in [3.63, 3.8) is 0 Å². The molecule has 1 aliphatic rings. The molecule has 2 rings (SSSR count). The summed E-state index contributed by atoms with van der Waals surface area (Å²) in [5.41, 5.74) is 6.57. The molecule has 0 radical (unpaired) electrons. The first-order chi connectivity index (χ1) is 8.97. The predicted molar refractivity (Wildman–Crippen MR) is 68.7 cm³/mol. The van der Waals surface area contributed by atoms with Crippen LogP contribution in [0.2, 0.25) is 0 Å². The Bertz CT molecular complexity index is 481. The molecule has 3 N–H and O–H groups in total. The van der Waals surface area contributed by atoms with Crippen molar-refractivity contribution >= 4 is 11.4 Å². The van der Waals surface area contributed by atoms with Crippen molar-refractivity contribution in [3.05, 3.63) is 29.6 Å². The van der Waals surface area contributed by atoms with Gasteiger partial charge in [-0.15, -0.1) is 0 Å². The zero-order valence-corrected chi connectivity index (χ0v) is 10.4. The minimum absolute atomic E-state index is 0.230. The van der Waals surface area contributed by atoms with Crippen LogP contribution in [0.3, 0.4) is 0 Å². The highest BCUT2D eigenvalue weighted by Crippen LogP contribution is 2.31. The number of rotatable bonds is 4.